The molecule has 2 atom stereocenters. The third kappa shape index (κ3) is 10.0. The average Bonchev–Trinajstić information content (AvgIpc) is 3.16. The molecule has 296 valence electrons. The van der Waals surface area contributed by atoms with E-state index in [1.807, 2.05) is 24.3 Å². The van der Waals surface area contributed by atoms with Gasteiger partial charge in [-0.15, -0.1) is 0 Å². The quantitative estimate of drug-likeness (QED) is 0.119. The molecule has 8 nitrogen and oxygen atoms in total. The molecular formula is C47H62N2O6. The van der Waals surface area contributed by atoms with Crippen LogP contribution in [0.1, 0.15) is 87.8 Å². The highest BCUT2D eigenvalue weighted by Gasteiger charge is 2.43. The fourth-order valence-electron chi connectivity index (χ4n) is 7.73. The van der Waals surface area contributed by atoms with Crippen molar-refractivity contribution in [2.24, 2.45) is 0 Å². The summed E-state index contributed by atoms with van der Waals surface area (Å²) in [5.74, 6) is 3.22. The Kier molecular flexibility index (Phi) is 12.8. The van der Waals surface area contributed by atoms with Crippen LogP contribution >= 0.6 is 0 Å². The van der Waals surface area contributed by atoms with Gasteiger partial charge in [0.25, 0.3) is 0 Å². The fourth-order valence-corrected chi connectivity index (χ4v) is 7.73. The van der Waals surface area contributed by atoms with Crippen LogP contribution in [0.25, 0.3) is 0 Å². The summed E-state index contributed by atoms with van der Waals surface area (Å²) in [6, 6.07) is 30.2. The Morgan fingerprint density at radius 1 is 0.655 bits per heavy atom. The maximum absolute atomic E-state index is 6.46. The zero-order valence-electron chi connectivity index (χ0n) is 34.6. The lowest BCUT2D eigenvalue weighted by molar-refractivity contribution is 0.0505. The van der Waals surface area contributed by atoms with Gasteiger partial charge >= 0.3 is 0 Å². The third-order valence-electron chi connectivity index (χ3n) is 11.1. The summed E-state index contributed by atoms with van der Waals surface area (Å²) < 4.78 is 34.5. The van der Waals surface area contributed by atoms with Crippen molar-refractivity contribution in [3.05, 3.63) is 118 Å². The molecule has 55 heavy (non-hydrogen) atoms. The molecule has 0 saturated carbocycles. The van der Waals surface area contributed by atoms with Gasteiger partial charge in [-0.1, -0.05) is 97.0 Å². The van der Waals surface area contributed by atoms with E-state index in [-0.39, 0.29) is 35.7 Å². The first-order chi connectivity index (χ1) is 26.3. The Morgan fingerprint density at radius 2 is 1.20 bits per heavy atom. The Morgan fingerprint density at radius 3 is 1.80 bits per heavy atom. The van der Waals surface area contributed by atoms with Crippen LogP contribution in [0.15, 0.2) is 84.9 Å². The molecule has 1 saturated heterocycles. The van der Waals surface area contributed by atoms with Crippen LogP contribution < -0.4 is 18.9 Å². The monoisotopic (exact) mass is 750 g/mol. The fraction of sp³-hybridized carbons (Fsp3) is 0.489. The number of piperazine rings is 1. The lowest BCUT2D eigenvalue weighted by Crippen LogP contribution is -2.47. The molecule has 2 heterocycles. The van der Waals surface area contributed by atoms with E-state index in [4.69, 9.17) is 28.4 Å². The average molecular weight is 751 g/mol. The van der Waals surface area contributed by atoms with Crippen LogP contribution in [-0.4, -0.2) is 83.5 Å². The topological polar surface area (TPSA) is 61.9 Å². The highest BCUT2D eigenvalue weighted by atomic mass is 16.7. The second-order valence-electron chi connectivity index (χ2n) is 17.4. The summed E-state index contributed by atoms with van der Waals surface area (Å²) in [5, 5.41) is 0. The van der Waals surface area contributed by atoms with Crippen LogP contribution in [0.4, 0.5) is 0 Å². The number of hydrogen-bond acceptors (Lipinski definition) is 8. The Hall–Kier alpha value is -4.08. The van der Waals surface area contributed by atoms with Gasteiger partial charge in [0.15, 0.2) is 13.6 Å². The van der Waals surface area contributed by atoms with E-state index in [1.54, 1.807) is 14.2 Å². The second-order valence-corrected chi connectivity index (χ2v) is 17.4. The minimum atomic E-state index is -0.351. The van der Waals surface area contributed by atoms with Crippen LogP contribution in [0.5, 0.6) is 23.0 Å². The first-order valence-corrected chi connectivity index (χ1v) is 19.7. The van der Waals surface area contributed by atoms with Gasteiger partial charge in [0, 0.05) is 76.5 Å². The van der Waals surface area contributed by atoms with Crippen molar-refractivity contribution in [3.63, 3.8) is 0 Å². The number of hydrogen-bond donors (Lipinski definition) is 0. The molecule has 2 aliphatic rings. The van der Waals surface area contributed by atoms with Gasteiger partial charge in [0.2, 0.25) is 0 Å². The number of benzene rings is 4. The van der Waals surface area contributed by atoms with Gasteiger partial charge in [-0.25, -0.2) is 0 Å². The van der Waals surface area contributed by atoms with Crippen molar-refractivity contribution < 1.29 is 28.4 Å². The number of ether oxygens (including phenoxy) is 6. The summed E-state index contributed by atoms with van der Waals surface area (Å²) in [5.41, 5.74) is 7.66. The van der Waals surface area contributed by atoms with Crippen molar-refractivity contribution in [2.75, 3.05) is 73.7 Å². The molecule has 2 aliphatic heterocycles. The second kappa shape index (κ2) is 17.4. The zero-order valence-corrected chi connectivity index (χ0v) is 34.6. The number of fused-ring (bicyclic) bond motifs is 1. The van der Waals surface area contributed by atoms with Crippen LogP contribution in [0.3, 0.4) is 0 Å². The van der Waals surface area contributed by atoms with Crippen LogP contribution in [0, 0.1) is 0 Å². The molecule has 0 aromatic heterocycles. The van der Waals surface area contributed by atoms with E-state index < -0.39 is 0 Å². The summed E-state index contributed by atoms with van der Waals surface area (Å²) in [4.78, 5) is 5.13. The van der Waals surface area contributed by atoms with Crippen LogP contribution in [0.2, 0.25) is 0 Å². The maximum atomic E-state index is 6.46. The van der Waals surface area contributed by atoms with E-state index in [0.29, 0.717) is 19.0 Å². The predicted molar refractivity (Wildman–Crippen MR) is 220 cm³/mol. The molecule has 0 spiro atoms. The Balaban J connectivity index is 1.09. The van der Waals surface area contributed by atoms with Crippen LogP contribution in [-0.2, 0) is 32.3 Å². The smallest absolute Gasteiger partial charge is 0.188 e. The van der Waals surface area contributed by atoms with Gasteiger partial charge in [-0.2, -0.15) is 0 Å². The highest BCUT2D eigenvalue weighted by Crippen LogP contribution is 2.51. The zero-order chi connectivity index (χ0) is 39.2. The standard InChI is InChI=1S/C47H62N2O6/c1-45(2,3)37-26-34(27-38(28-37)46(4,5)6)30-49-22-20-48(21-23-49)24-25-52-39-14-10-35(11-15-39)44-42-19-18-41(55-33-51-9)29-43(42)53-31-47(44,7)36-12-16-40(17-13-36)54-32-50-8/h10-19,26-29,44H,20-25,30-33H2,1-9H3. The molecule has 0 N–H and O–H groups in total. The Bertz CT molecular complexity index is 1810. The molecule has 8 heteroatoms. The van der Waals surface area contributed by atoms with E-state index >= 15 is 0 Å². The van der Waals surface area contributed by atoms with Gasteiger partial charge in [-0.05, 0) is 69.0 Å². The molecule has 4 aromatic carbocycles. The van der Waals surface area contributed by atoms with E-state index in [2.05, 4.69) is 119 Å². The highest BCUT2D eigenvalue weighted by molar-refractivity contribution is 5.53. The largest absolute Gasteiger partial charge is 0.492 e. The van der Waals surface area contributed by atoms with E-state index in [9.17, 15) is 0 Å². The minimum Gasteiger partial charge on any atom is -0.492 e. The van der Waals surface area contributed by atoms with Crippen molar-refractivity contribution in [2.45, 2.75) is 77.2 Å². The molecule has 1 fully saturated rings. The first-order valence-electron chi connectivity index (χ1n) is 19.7. The summed E-state index contributed by atoms with van der Waals surface area (Å²) >= 11 is 0. The number of rotatable bonds is 14. The summed E-state index contributed by atoms with van der Waals surface area (Å²) in [6.45, 7) is 23.8. The number of nitrogens with zero attached hydrogens (tertiary/aromatic N) is 2. The molecule has 4 aromatic rings. The normalized spacial score (nSPS) is 19.4. The van der Waals surface area contributed by atoms with Gasteiger partial charge in [0.1, 0.15) is 29.6 Å². The molecule has 0 amide bonds. The van der Waals surface area contributed by atoms with E-state index in [1.165, 1.54) is 27.8 Å². The molecule has 2 unspecified atom stereocenters. The lowest BCUT2D eigenvalue weighted by Gasteiger charge is -2.43. The van der Waals surface area contributed by atoms with E-state index in [0.717, 1.165) is 62.1 Å². The molecule has 0 radical (unpaired) electrons. The predicted octanol–water partition coefficient (Wildman–Crippen LogP) is 8.93. The van der Waals surface area contributed by atoms with Gasteiger partial charge in [-0.3, -0.25) is 9.80 Å². The summed E-state index contributed by atoms with van der Waals surface area (Å²) in [6.07, 6.45) is 0. The van der Waals surface area contributed by atoms with Gasteiger partial charge in [0.05, 0.1) is 6.61 Å². The summed E-state index contributed by atoms with van der Waals surface area (Å²) in [7, 11) is 3.24. The maximum Gasteiger partial charge on any atom is 0.188 e. The SMILES string of the molecule is COCOc1ccc(C2(C)COc3cc(OCOC)ccc3C2c2ccc(OCCN3CCN(Cc4cc(C(C)(C)C)cc(C(C)(C)C)c4)CC3)cc2)cc1. The van der Waals surface area contributed by atoms with Crippen molar-refractivity contribution in [3.8, 4) is 23.0 Å². The third-order valence-corrected chi connectivity index (χ3v) is 11.1. The Labute approximate surface area is 329 Å². The lowest BCUT2D eigenvalue weighted by atomic mass is 9.65. The van der Waals surface area contributed by atoms with Crippen molar-refractivity contribution >= 4 is 0 Å². The minimum absolute atomic E-state index is 0.0276. The molecular weight excluding hydrogens is 689 g/mol. The number of methoxy groups -OCH3 is 2. The van der Waals surface area contributed by atoms with Crippen molar-refractivity contribution in [1.29, 1.82) is 0 Å². The first kappa shape index (κ1) is 40.6. The molecule has 0 aliphatic carbocycles. The van der Waals surface area contributed by atoms with Gasteiger partial charge < -0.3 is 28.4 Å². The van der Waals surface area contributed by atoms with Crippen molar-refractivity contribution in [1.82, 2.24) is 9.80 Å². The molecule has 0 bridgehead atoms. The molecule has 6 rings (SSSR count).